The molecule has 0 radical (unpaired) electrons. The number of nitrogens with zero attached hydrogens (tertiary/aromatic N) is 5. The van der Waals surface area contributed by atoms with Gasteiger partial charge in [0.05, 0.1) is 17.1 Å². The topological polar surface area (TPSA) is 264 Å². The number of rotatable bonds is 9. The van der Waals surface area contributed by atoms with Gasteiger partial charge in [-0.15, -0.1) is 5.53 Å². The van der Waals surface area contributed by atoms with Crippen LogP contribution in [0.5, 0.6) is 11.5 Å². The highest BCUT2D eigenvalue weighted by molar-refractivity contribution is 6.09. The number of hydrogen-bond donors (Lipinski definition) is 8. The molecule has 15 nitrogen and oxygen atoms in total. The van der Waals surface area contributed by atoms with Crippen LogP contribution >= 0.6 is 0 Å². The van der Waals surface area contributed by atoms with Gasteiger partial charge in [0.2, 0.25) is 0 Å². The minimum atomic E-state index is -1.32. The number of fused-ring (bicyclic) bond motifs is 3. The van der Waals surface area contributed by atoms with E-state index < -0.39 is 23.4 Å². The van der Waals surface area contributed by atoms with Crippen molar-refractivity contribution in [2.45, 2.75) is 0 Å². The summed E-state index contributed by atoms with van der Waals surface area (Å²) in [5.74, 6) is 2.57. The van der Waals surface area contributed by atoms with Crippen LogP contribution in [-0.4, -0.2) is 37.3 Å². The van der Waals surface area contributed by atoms with E-state index in [0.717, 1.165) is 37.9 Å². The van der Waals surface area contributed by atoms with Gasteiger partial charge in [-0.25, -0.2) is 15.4 Å². The zero-order chi connectivity index (χ0) is 32.4. The van der Waals surface area contributed by atoms with E-state index in [2.05, 4.69) is 15.1 Å². The summed E-state index contributed by atoms with van der Waals surface area (Å²) in [6, 6.07) is 18.5. The van der Waals surface area contributed by atoms with Gasteiger partial charge in [0.15, 0.2) is 0 Å². The summed E-state index contributed by atoms with van der Waals surface area (Å²) in [5, 5.41) is 45.8. The Morgan fingerprint density at radius 1 is 0.756 bits per heavy atom. The second-order valence-corrected chi connectivity index (χ2v) is 9.76. The molecule has 11 N–H and O–H groups in total. The SMILES string of the molecule is [N-]=[N+]=NN(/C=C(\N)c1ccc2[nH]c3ccc(/C(N)=C/N(N)c4ccc(C(=O)O)c(O)c4)cc3c2c1)c1ccc(C(=O)O)c(O)c1. The van der Waals surface area contributed by atoms with Crippen molar-refractivity contribution in [3.63, 3.8) is 0 Å². The number of aromatic carboxylic acids is 2. The highest BCUT2D eigenvalue weighted by Gasteiger charge is 2.16. The summed E-state index contributed by atoms with van der Waals surface area (Å²) in [6.45, 7) is 0. The first-order chi connectivity index (χ1) is 21.5. The first-order valence-electron chi connectivity index (χ1n) is 13.0. The number of aromatic amines is 1. The number of aromatic hydroxyl groups is 2. The molecule has 4 aromatic carbocycles. The van der Waals surface area contributed by atoms with Crippen LogP contribution in [0.1, 0.15) is 31.8 Å². The molecule has 0 aliphatic rings. The van der Waals surface area contributed by atoms with Gasteiger partial charge < -0.3 is 36.9 Å². The number of carboxylic acid groups (broad SMARTS) is 2. The lowest BCUT2D eigenvalue weighted by Crippen LogP contribution is -2.25. The number of anilines is 2. The van der Waals surface area contributed by atoms with Gasteiger partial charge in [0.25, 0.3) is 0 Å². The Morgan fingerprint density at radius 3 is 1.73 bits per heavy atom. The molecule has 0 atom stereocenters. The third-order valence-electron chi connectivity index (χ3n) is 6.93. The maximum Gasteiger partial charge on any atom is 0.339 e. The molecular weight excluding hydrogens is 582 g/mol. The van der Waals surface area contributed by atoms with Crippen molar-refractivity contribution < 1.29 is 30.0 Å². The lowest BCUT2D eigenvalue weighted by atomic mass is 10.0. The monoisotopic (exact) mass is 607 g/mol. The van der Waals surface area contributed by atoms with E-state index in [-0.39, 0.29) is 28.2 Å². The molecule has 0 aliphatic heterocycles. The van der Waals surface area contributed by atoms with Gasteiger partial charge in [-0.3, -0.25) is 5.01 Å². The summed E-state index contributed by atoms with van der Waals surface area (Å²) in [4.78, 5) is 28.5. The Morgan fingerprint density at radius 2 is 1.24 bits per heavy atom. The van der Waals surface area contributed by atoms with Gasteiger partial charge in [-0.05, 0) is 59.3 Å². The number of nitrogens with one attached hydrogen (secondary N) is 1. The summed E-state index contributed by atoms with van der Waals surface area (Å²) >= 11 is 0. The molecule has 0 bridgehead atoms. The van der Waals surface area contributed by atoms with Crippen molar-refractivity contribution in [2.24, 2.45) is 22.5 Å². The quantitative estimate of drug-likeness (QED) is 0.0372. The molecule has 15 heteroatoms. The van der Waals surface area contributed by atoms with E-state index in [1.165, 1.54) is 42.7 Å². The maximum atomic E-state index is 11.2. The van der Waals surface area contributed by atoms with Gasteiger partial charge >= 0.3 is 11.9 Å². The number of phenols is 2. The fourth-order valence-electron chi connectivity index (χ4n) is 4.66. The van der Waals surface area contributed by atoms with E-state index in [0.29, 0.717) is 16.8 Å². The summed E-state index contributed by atoms with van der Waals surface area (Å²) < 4.78 is 0. The zero-order valence-corrected chi connectivity index (χ0v) is 23.2. The molecule has 0 spiro atoms. The zero-order valence-electron chi connectivity index (χ0n) is 23.2. The number of azide groups is 1. The smallest absolute Gasteiger partial charge is 0.339 e. The van der Waals surface area contributed by atoms with Crippen LogP contribution in [0.2, 0.25) is 0 Å². The Bertz CT molecular complexity index is 2110. The van der Waals surface area contributed by atoms with E-state index in [9.17, 15) is 19.8 Å². The Kier molecular flexibility index (Phi) is 7.78. The predicted octanol–water partition coefficient (Wildman–Crippen LogP) is 4.76. The number of nitrogens with two attached hydrogens (primary N) is 3. The lowest BCUT2D eigenvalue weighted by molar-refractivity contribution is 0.0682. The van der Waals surface area contributed by atoms with Crippen LogP contribution < -0.4 is 27.3 Å². The molecule has 1 heterocycles. The number of carbonyl (C=O) groups is 2. The lowest BCUT2D eigenvalue weighted by Gasteiger charge is -2.16. The normalized spacial score (nSPS) is 11.8. The van der Waals surface area contributed by atoms with Gasteiger partial charge in [-0.2, -0.15) is 9.92 Å². The Labute approximate surface area is 253 Å². The molecule has 0 unspecified atom stereocenters. The fourth-order valence-corrected chi connectivity index (χ4v) is 4.66. The van der Waals surface area contributed by atoms with Crippen molar-refractivity contribution in [3.05, 3.63) is 118 Å². The molecule has 45 heavy (non-hydrogen) atoms. The number of hydrogen-bond acceptors (Lipinski definition) is 9. The molecule has 0 saturated carbocycles. The molecule has 1 aromatic heterocycles. The number of benzene rings is 4. The number of carboxylic acids is 2. The molecule has 0 amide bonds. The largest absolute Gasteiger partial charge is 0.507 e. The predicted molar refractivity (Wildman–Crippen MR) is 169 cm³/mol. The van der Waals surface area contributed by atoms with E-state index in [1.54, 1.807) is 12.1 Å². The van der Waals surface area contributed by atoms with Gasteiger partial charge in [0, 0.05) is 45.7 Å². The van der Waals surface area contributed by atoms with Crippen LogP contribution in [0.4, 0.5) is 11.4 Å². The maximum absolute atomic E-state index is 11.2. The standard InChI is InChI=1S/C30H25N9O6/c31-23(13-38(34)17-3-5-19(29(42)43)27(40)11-17)15-1-7-25-21(9-15)22-10-16(2-8-26(22)35-25)24(32)14-39(37-36-33)18-4-6-20(30(44)45)28(41)12-18/h1-14,35,40-41H,31-32,34H2,(H,42,43)(H,44,45)/b23-13-,24-14-. The molecule has 0 saturated heterocycles. The average molecular weight is 608 g/mol. The highest BCUT2D eigenvalue weighted by atomic mass is 16.4. The van der Waals surface area contributed by atoms with Crippen molar-refractivity contribution in [2.75, 3.05) is 10.0 Å². The first kappa shape index (κ1) is 29.7. The van der Waals surface area contributed by atoms with Gasteiger partial charge in [-0.1, -0.05) is 12.1 Å². The molecular formula is C30H25N9O6. The van der Waals surface area contributed by atoms with Crippen molar-refractivity contribution >= 4 is 56.5 Å². The second kappa shape index (κ2) is 11.8. The first-order valence-corrected chi connectivity index (χ1v) is 13.0. The van der Waals surface area contributed by atoms with Crippen LogP contribution in [0.15, 0.2) is 90.4 Å². The Balaban J connectivity index is 1.48. The number of H-pyrrole nitrogens is 1. The molecule has 0 aliphatic carbocycles. The van der Waals surface area contributed by atoms with Crippen LogP contribution in [0.3, 0.4) is 0 Å². The summed E-state index contributed by atoms with van der Waals surface area (Å²) in [5.41, 5.74) is 25.0. The number of aromatic nitrogens is 1. The van der Waals surface area contributed by atoms with Crippen molar-refractivity contribution in [1.82, 2.24) is 4.98 Å². The molecule has 5 rings (SSSR count). The second-order valence-electron chi connectivity index (χ2n) is 9.76. The van der Waals surface area contributed by atoms with Crippen molar-refractivity contribution in [1.29, 1.82) is 0 Å². The fraction of sp³-hybridized carbons (Fsp3) is 0. The third kappa shape index (κ3) is 5.91. The Hall–Kier alpha value is -6.83. The summed E-state index contributed by atoms with van der Waals surface area (Å²) in [6.07, 6.45) is 2.77. The molecule has 5 aromatic rings. The average Bonchev–Trinajstić information content (AvgIpc) is 3.37. The molecule has 0 fully saturated rings. The van der Waals surface area contributed by atoms with Crippen LogP contribution in [-0.2, 0) is 0 Å². The van der Waals surface area contributed by atoms with Gasteiger partial charge in [0.1, 0.15) is 34.5 Å². The number of hydrazine groups is 1. The van der Waals surface area contributed by atoms with E-state index in [1.807, 2.05) is 24.3 Å². The van der Waals surface area contributed by atoms with Crippen LogP contribution in [0, 0.1) is 0 Å². The molecule has 226 valence electrons. The minimum absolute atomic E-state index is 0.181. The van der Waals surface area contributed by atoms with Crippen LogP contribution in [0.25, 0.3) is 43.6 Å². The minimum Gasteiger partial charge on any atom is -0.507 e. The van der Waals surface area contributed by atoms with E-state index in [4.69, 9.17) is 33.1 Å². The van der Waals surface area contributed by atoms with E-state index >= 15 is 0 Å². The highest BCUT2D eigenvalue weighted by Crippen LogP contribution is 2.31. The summed E-state index contributed by atoms with van der Waals surface area (Å²) in [7, 11) is 0. The van der Waals surface area contributed by atoms with Crippen molar-refractivity contribution in [3.8, 4) is 11.5 Å². The third-order valence-corrected chi connectivity index (χ3v) is 6.93.